The summed E-state index contributed by atoms with van der Waals surface area (Å²) in [4.78, 5) is 29.5. The van der Waals surface area contributed by atoms with Gasteiger partial charge in [0, 0.05) is 19.6 Å². The fourth-order valence-electron chi connectivity index (χ4n) is 4.39. The molecule has 0 saturated carbocycles. The molecule has 0 radical (unpaired) electrons. The first kappa shape index (κ1) is 18.7. The van der Waals surface area contributed by atoms with Crippen molar-refractivity contribution in [3.63, 3.8) is 0 Å². The number of imide groups is 1. The van der Waals surface area contributed by atoms with E-state index in [-0.39, 0.29) is 30.4 Å². The number of hydrogen-bond donors (Lipinski definition) is 0. The normalized spacial score (nSPS) is 25.1. The molecule has 5 heteroatoms. The van der Waals surface area contributed by atoms with Crippen molar-refractivity contribution in [2.45, 2.75) is 25.9 Å². The second-order valence-corrected chi connectivity index (χ2v) is 7.67. The second kappa shape index (κ2) is 8.15. The number of nitrogens with zero attached hydrogens (tertiary/aromatic N) is 2. The highest BCUT2D eigenvalue weighted by molar-refractivity contribution is 5.95. The molecule has 2 aromatic carbocycles. The van der Waals surface area contributed by atoms with Crippen molar-refractivity contribution in [1.29, 1.82) is 0 Å². The van der Waals surface area contributed by atoms with Crippen molar-refractivity contribution in [3.8, 4) is 0 Å². The molecule has 28 heavy (non-hydrogen) atoms. The van der Waals surface area contributed by atoms with Crippen LogP contribution < -0.4 is 0 Å². The van der Waals surface area contributed by atoms with E-state index in [1.807, 2.05) is 48.5 Å². The third-order valence-electron chi connectivity index (χ3n) is 5.90. The summed E-state index contributed by atoms with van der Waals surface area (Å²) in [7, 11) is 0. The Morgan fingerprint density at radius 2 is 1.71 bits per heavy atom. The van der Waals surface area contributed by atoms with Gasteiger partial charge in [0.2, 0.25) is 5.91 Å². The monoisotopic (exact) mass is 378 g/mol. The van der Waals surface area contributed by atoms with Gasteiger partial charge < -0.3 is 4.74 Å². The SMILES string of the molecule is CC[C@H]1CN(Cc2ccccc2)C[C@@H]1C(=O)N1C(=O)OC[C@H]1c1ccccc1. The van der Waals surface area contributed by atoms with Gasteiger partial charge in [-0.25, -0.2) is 9.69 Å². The number of amides is 2. The second-order valence-electron chi connectivity index (χ2n) is 7.67. The van der Waals surface area contributed by atoms with Gasteiger partial charge in [0.1, 0.15) is 12.6 Å². The van der Waals surface area contributed by atoms with Crippen LogP contribution in [0, 0.1) is 11.8 Å². The summed E-state index contributed by atoms with van der Waals surface area (Å²) >= 11 is 0. The largest absolute Gasteiger partial charge is 0.446 e. The molecule has 0 bridgehead atoms. The van der Waals surface area contributed by atoms with Crippen molar-refractivity contribution >= 4 is 12.0 Å². The smallest absolute Gasteiger partial charge is 0.417 e. The lowest BCUT2D eigenvalue weighted by molar-refractivity contribution is -0.134. The molecule has 146 valence electrons. The number of carbonyl (C=O) groups is 2. The molecule has 2 fully saturated rings. The molecule has 2 aromatic rings. The lowest BCUT2D eigenvalue weighted by atomic mass is 9.91. The number of rotatable bonds is 5. The van der Waals surface area contributed by atoms with Crippen LogP contribution in [-0.2, 0) is 16.1 Å². The average Bonchev–Trinajstić information content (AvgIpc) is 3.32. The highest BCUT2D eigenvalue weighted by Gasteiger charge is 2.46. The van der Waals surface area contributed by atoms with Gasteiger partial charge in [-0.1, -0.05) is 74.0 Å². The molecule has 0 N–H and O–H groups in total. The first-order valence-corrected chi connectivity index (χ1v) is 9.98. The van der Waals surface area contributed by atoms with Gasteiger partial charge in [-0.3, -0.25) is 9.69 Å². The van der Waals surface area contributed by atoms with Crippen LogP contribution in [0.15, 0.2) is 60.7 Å². The lowest BCUT2D eigenvalue weighted by Gasteiger charge is -2.25. The number of carbonyl (C=O) groups excluding carboxylic acids is 2. The molecular formula is C23H26N2O3. The van der Waals surface area contributed by atoms with Crippen LogP contribution in [0.4, 0.5) is 4.79 Å². The van der Waals surface area contributed by atoms with E-state index in [0.29, 0.717) is 6.54 Å². The predicted octanol–water partition coefficient (Wildman–Crippen LogP) is 3.86. The van der Waals surface area contributed by atoms with E-state index < -0.39 is 6.09 Å². The Balaban J connectivity index is 1.51. The predicted molar refractivity (Wildman–Crippen MR) is 106 cm³/mol. The summed E-state index contributed by atoms with van der Waals surface area (Å²) in [5, 5.41) is 0. The van der Waals surface area contributed by atoms with Gasteiger partial charge in [-0.15, -0.1) is 0 Å². The first-order chi connectivity index (χ1) is 13.7. The van der Waals surface area contributed by atoms with Crippen molar-refractivity contribution in [3.05, 3.63) is 71.8 Å². The summed E-state index contributed by atoms with van der Waals surface area (Å²) in [5.74, 6) is -0.0228. The van der Waals surface area contributed by atoms with Crippen LogP contribution in [0.25, 0.3) is 0 Å². The van der Waals surface area contributed by atoms with E-state index in [2.05, 4.69) is 24.0 Å². The summed E-state index contributed by atoms with van der Waals surface area (Å²) in [6.45, 7) is 4.73. The maximum atomic E-state index is 13.4. The number of ether oxygens (including phenoxy) is 1. The molecule has 0 aliphatic carbocycles. The Bertz CT molecular complexity index is 824. The van der Waals surface area contributed by atoms with Gasteiger partial charge in [0.15, 0.2) is 0 Å². The van der Waals surface area contributed by atoms with Crippen LogP contribution in [0.5, 0.6) is 0 Å². The van der Waals surface area contributed by atoms with Crippen LogP contribution in [0.3, 0.4) is 0 Å². The molecular weight excluding hydrogens is 352 g/mol. The lowest BCUT2D eigenvalue weighted by Crippen LogP contribution is -2.41. The summed E-state index contributed by atoms with van der Waals surface area (Å²) < 4.78 is 5.26. The number of likely N-dealkylation sites (tertiary alicyclic amines) is 1. The third-order valence-corrected chi connectivity index (χ3v) is 5.90. The summed E-state index contributed by atoms with van der Waals surface area (Å²) in [6, 6.07) is 19.6. The Morgan fingerprint density at radius 1 is 1.04 bits per heavy atom. The molecule has 5 nitrogen and oxygen atoms in total. The van der Waals surface area contributed by atoms with Gasteiger partial charge in [0.25, 0.3) is 0 Å². The molecule has 3 atom stereocenters. The van der Waals surface area contributed by atoms with Crippen LogP contribution in [-0.4, -0.2) is 41.5 Å². The van der Waals surface area contributed by atoms with Gasteiger partial charge in [-0.05, 0) is 17.0 Å². The van der Waals surface area contributed by atoms with E-state index in [1.165, 1.54) is 10.5 Å². The van der Waals surface area contributed by atoms with E-state index >= 15 is 0 Å². The fraction of sp³-hybridized carbons (Fsp3) is 0.391. The minimum atomic E-state index is -0.518. The Kier molecular flexibility index (Phi) is 5.44. The zero-order valence-electron chi connectivity index (χ0n) is 16.2. The minimum Gasteiger partial charge on any atom is -0.446 e. The molecule has 4 rings (SSSR count). The molecule has 2 saturated heterocycles. The van der Waals surface area contributed by atoms with E-state index in [4.69, 9.17) is 4.74 Å². The number of benzene rings is 2. The fourth-order valence-corrected chi connectivity index (χ4v) is 4.39. The van der Waals surface area contributed by atoms with Gasteiger partial charge in [0.05, 0.1) is 5.92 Å². The zero-order chi connectivity index (χ0) is 19.5. The van der Waals surface area contributed by atoms with Gasteiger partial charge >= 0.3 is 6.09 Å². The Hall–Kier alpha value is -2.66. The molecule has 0 spiro atoms. The molecule has 2 aliphatic heterocycles. The summed E-state index contributed by atoms with van der Waals surface area (Å²) in [6.07, 6.45) is 0.399. The number of cyclic esters (lactones) is 1. The molecule has 0 unspecified atom stereocenters. The summed E-state index contributed by atoms with van der Waals surface area (Å²) in [5.41, 5.74) is 2.18. The third kappa shape index (κ3) is 3.67. The minimum absolute atomic E-state index is 0.0984. The topological polar surface area (TPSA) is 49.9 Å². The maximum Gasteiger partial charge on any atom is 0.417 e. The van der Waals surface area contributed by atoms with E-state index in [0.717, 1.165) is 25.1 Å². The van der Waals surface area contributed by atoms with Crippen molar-refractivity contribution in [2.24, 2.45) is 11.8 Å². The van der Waals surface area contributed by atoms with Crippen molar-refractivity contribution in [1.82, 2.24) is 9.80 Å². The Morgan fingerprint density at radius 3 is 2.39 bits per heavy atom. The highest BCUT2D eigenvalue weighted by atomic mass is 16.6. The molecule has 0 aromatic heterocycles. The highest BCUT2D eigenvalue weighted by Crippen LogP contribution is 2.34. The van der Waals surface area contributed by atoms with Crippen molar-refractivity contribution in [2.75, 3.05) is 19.7 Å². The Labute approximate surface area is 165 Å². The number of hydrogen-bond acceptors (Lipinski definition) is 4. The quantitative estimate of drug-likeness (QED) is 0.793. The van der Waals surface area contributed by atoms with Crippen LogP contribution in [0.1, 0.15) is 30.5 Å². The molecule has 2 aliphatic rings. The zero-order valence-corrected chi connectivity index (χ0v) is 16.2. The molecule has 2 amide bonds. The standard InChI is InChI=1S/C23H26N2O3/c1-2-18-14-24(13-17-9-5-3-6-10-17)15-20(18)22(26)25-21(16-28-23(25)27)19-11-7-4-8-12-19/h3-12,18,20-21H,2,13-16H2,1H3/t18-,20-,21-/m0/s1. The maximum absolute atomic E-state index is 13.4. The van der Waals surface area contributed by atoms with Gasteiger partial charge in [-0.2, -0.15) is 0 Å². The van der Waals surface area contributed by atoms with Crippen LogP contribution in [0.2, 0.25) is 0 Å². The van der Waals surface area contributed by atoms with E-state index in [9.17, 15) is 9.59 Å². The van der Waals surface area contributed by atoms with Crippen molar-refractivity contribution < 1.29 is 14.3 Å². The average molecular weight is 378 g/mol. The molecule has 2 heterocycles. The van der Waals surface area contributed by atoms with E-state index in [1.54, 1.807) is 0 Å². The first-order valence-electron chi connectivity index (χ1n) is 9.98. The van der Waals surface area contributed by atoms with Crippen LogP contribution >= 0.6 is 0 Å².